The summed E-state index contributed by atoms with van der Waals surface area (Å²) in [7, 11) is 0. The first kappa shape index (κ1) is 13.4. The van der Waals surface area contributed by atoms with E-state index in [0.717, 1.165) is 11.1 Å². The Morgan fingerprint density at radius 3 is 2.95 bits per heavy atom. The van der Waals surface area contributed by atoms with Crippen LogP contribution in [0.25, 0.3) is 0 Å². The average molecular weight is 277 g/mol. The normalized spacial score (nSPS) is 10.2. The molecule has 0 atom stereocenters. The van der Waals surface area contributed by atoms with Gasteiger partial charge in [-0.15, -0.1) is 0 Å². The molecule has 2 rings (SSSR count). The van der Waals surface area contributed by atoms with Crippen LogP contribution in [-0.2, 0) is 11.3 Å². The lowest BCUT2D eigenvalue weighted by Crippen LogP contribution is -2.08. The summed E-state index contributed by atoms with van der Waals surface area (Å²) in [6, 6.07) is 6.77. The number of halogens is 1. The van der Waals surface area contributed by atoms with Gasteiger partial charge in [-0.25, -0.2) is 4.79 Å². The second-order valence-electron chi connectivity index (χ2n) is 4.15. The van der Waals surface area contributed by atoms with Crippen molar-refractivity contribution in [3.63, 3.8) is 0 Å². The lowest BCUT2D eigenvalue weighted by molar-refractivity contribution is 0.0473. The molecule has 0 aliphatic rings. The summed E-state index contributed by atoms with van der Waals surface area (Å²) >= 11 is 5.85. The van der Waals surface area contributed by atoms with Crippen LogP contribution in [0.15, 0.2) is 36.7 Å². The largest absolute Gasteiger partial charge is 0.457 e. The van der Waals surface area contributed by atoms with Crippen LogP contribution >= 0.6 is 11.6 Å². The summed E-state index contributed by atoms with van der Waals surface area (Å²) in [6.45, 7) is 2.08. The highest BCUT2D eigenvalue weighted by Gasteiger charge is 2.13. The smallest absolute Gasteiger partial charge is 0.340 e. The molecule has 0 unspecified atom stereocenters. The van der Waals surface area contributed by atoms with Crippen molar-refractivity contribution >= 4 is 23.3 Å². The number of pyridine rings is 1. The number of hydrogen-bond donors (Lipinski definition) is 1. The summed E-state index contributed by atoms with van der Waals surface area (Å²) in [4.78, 5) is 15.9. The first-order chi connectivity index (χ1) is 9.08. The zero-order valence-corrected chi connectivity index (χ0v) is 11.1. The zero-order chi connectivity index (χ0) is 13.8. The third-order valence-corrected chi connectivity index (χ3v) is 2.90. The molecule has 4 nitrogen and oxygen atoms in total. The van der Waals surface area contributed by atoms with Crippen LogP contribution in [0.4, 0.5) is 5.69 Å². The number of nitrogens with two attached hydrogens (primary N) is 1. The number of aryl methyl sites for hydroxylation is 1. The van der Waals surface area contributed by atoms with Crippen molar-refractivity contribution < 1.29 is 9.53 Å². The minimum absolute atomic E-state index is 0.152. The van der Waals surface area contributed by atoms with Gasteiger partial charge in [-0.3, -0.25) is 4.98 Å². The van der Waals surface area contributed by atoms with Crippen LogP contribution in [0.1, 0.15) is 21.5 Å². The summed E-state index contributed by atoms with van der Waals surface area (Å²) in [6.07, 6.45) is 3.39. The fourth-order valence-electron chi connectivity index (χ4n) is 1.64. The summed E-state index contributed by atoms with van der Waals surface area (Å²) in [5.74, 6) is -0.499. The predicted molar refractivity (Wildman–Crippen MR) is 74.0 cm³/mol. The quantitative estimate of drug-likeness (QED) is 0.691. The summed E-state index contributed by atoms with van der Waals surface area (Å²) in [5.41, 5.74) is 8.07. The highest BCUT2D eigenvalue weighted by Crippen LogP contribution is 2.23. The molecule has 1 aromatic carbocycles. The van der Waals surface area contributed by atoms with Gasteiger partial charge < -0.3 is 10.5 Å². The number of rotatable bonds is 3. The maximum atomic E-state index is 11.9. The van der Waals surface area contributed by atoms with Gasteiger partial charge in [0.1, 0.15) is 6.61 Å². The van der Waals surface area contributed by atoms with E-state index >= 15 is 0 Å². The average Bonchev–Trinajstić information content (AvgIpc) is 2.39. The van der Waals surface area contributed by atoms with Gasteiger partial charge in [0, 0.05) is 18.0 Å². The molecule has 0 radical (unpaired) electrons. The Morgan fingerprint density at radius 1 is 1.42 bits per heavy atom. The SMILES string of the molecule is Cc1cncc(COC(=O)c2cccc(Cl)c2N)c1. The Bertz CT molecular complexity index is 614. The van der Waals surface area contributed by atoms with Gasteiger partial charge >= 0.3 is 5.97 Å². The summed E-state index contributed by atoms with van der Waals surface area (Å²) in [5, 5.41) is 0.340. The molecule has 2 aromatic rings. The molecule has 0 saturated carbocycles. The first-order valence-corrected chi connectivity index (χ1v) is 6.07. The zero-order valence-electron chi connectivity index (χ0n) is 10.4. The van der Waals surface area contributed by atoms with Gasteiger partial charge in [-0.1, -0.05) is 17.7 Å². The van der Waals surface area contributed by atoms with Crippen molar-refractivity contribution in [2.24, 2.45) is 0 Å². The molecule has 1 aromatic heterocycles. The fourth-order valence-corrected chi connectivity index (χ4v) is 1.81. The van der Waals surface area contributed by atoms with Crippen molar-refractivity contribution in [1.82, 2.24) is 4.98 Å². The van der Waals surface area contributed by atoms with Crippen LogP contribution in [0.5, 0.6) is 0 Å². The molecule has 1 heterocycles. The monoisotopic (exact) mass is 276 g/mol. The van der Waals surface area contributed by atoms with Gasteiger partial charge in [-0.2, -0.15) is 0 Å². The van der Waals surface area contributed by atoms with Gasteiger partial charge in [0.15, 0.2) is 0 Å². The summed E-state index contributed by atoms with van der Waals surface area (Å²) < 4.78 is 5.19. The molecular formula is C14H13ClN2O2. The van der Waals surface area contributed by atoms with E-state index in [9.17, 15) is 4.79 Å². The van der Waals surface area contributed by atoms with Crippen LogP contribution < -0.4 is 5.73 Å². The Morgan fingerprint density at radius 2 is 2.21 bits per heavy atom. The third-order valence-electron chi connectivity index (χ3n) is 2.57. The number of esters is 1. The molecule has 98 valence electrons. The molecule has 0 bridgehead atoms. The van der Waals surface area contributed by atoms with Crippen molar-refractivity contribution in [2.75, 3.05) is 5.73 Å². The maximum Gasteiger partial charge on any atom is 0.340 e. The Kier molecular flexibility index (Phi) is 4.02. The van der Waals surface area contributed by atoms with E-state index in [0.29, 0.717) is 5.02 Å². The Hall–Kier alpha value is -2.07. The van der Waals surface area contributed by atoms with Crippen LogP contribution in [-0.4, -0.2) is 11.0 Å². The number of benzene rings is 1. The molecule has 0 amide bonds. The van der Waals surface area contributed by atoms with Crippen molar-refractivity contribution in [3.05, 3.63) is 58.4 Å². The number of aromatic nitrogens is 1. The van der Waals surface area contributed by atoms with E-state index < -0.39 is 5.97 Å². The minimum atomic E-state index is -0.499. The van der Waals surface area contributed by atoms with E-state index in [1.165, 1.54) is 0 Å². The van der Waals surface area contributed by atoms with E-state index in [1.807, 2.05) is 13.0 Å². The molecule has 0 aliphatic heterocycles. The molecule has 0 saturated heterocycles. The number of hydrogen-bond acceptors (Lipinski definition) is 4. The number of anilines is 1. The third kappa shape index (κ3) is 3.23. The van der Waals surface area contributed by atoms with Gasteiger partial charge in [0.05, 0.1) is 16.3 Å². The van der Waals surface area contributed by atoms with Gasteiger partial charge in [0.25, 0.3) is 0 Å². The maximum absolute atomic E-state index is 11.9. The number of nitrogen functional groups attached to an aromatic ring is 1. The van der Waals surface area contributed by atoms with E-state index in [1.54, 1.807) is 30.6 Å². The van der Waals surface area contributed by atoms with E-state index in [2.05, 4.69) is 4.98 Å². The van der Waals surface area contributed by atoms with Crippen molar-refractivity contribution in [1.29, 1.82) is 0 Å². The van der Waals surface area contributed by atoms with E-state index in [4.69, 9.17) is 22.1 Å². The fraction of sp³-hybridized carbons (Fsp3) is 0.143. The topological polar surface area (TPSA) is 65.2 Å². The molecule has 0 spiro atoms. The molecule has 19 heavy (non-hydrogen) atoms. The van der Waals surface area contributed by atoms with Crippen LogP contribution in [0.2, 0.25) is 5.02 Å². The number of carbonyl (C=O) groups excluding carboxylic acids is 1. The number of nitrogens with zero attached hydrogens (tertiary/aromatic N) is 1. The second kappa shape index (κ2) is 5.71. The van der Waals surface area contributed by atoms with E-state index in [-0.39, 0.29) is 17.9 Å². The molecule has 5 heteroatoms. The van der Waals surface area contributed by atoms with Crippen molar-refractivity contribution in [2.45, 2.75) is 13.5 Å². The van der Waals surface area contributed by atoms with Crippen LogP contribution in [0, 0.1) is 6.92 Å². The Balaban J connectivity index is 2.08. The van der Waals surface area contributed by atoms with Crippen molar-refractivity contribution in [3.8, 4) is 0 Å². The minimum Gasteiger partial charge on any atom is -0.457 e. The molecular weight excluding hydrogens is 264 g/mol. The standard InChI is InChI=1S/C14H13ClN2O2/c1-9-5-10(7-17-6-9)8-19-14(18)11-3-2-4-12(15)13(11)16/h2-7H,8,16H2,1H3. The molecule has 0 fully saturated rings. The molecule has 2 N–H and O–H groups in total. The highest BCUT2D eigenvalue weighted by molar-refractivity contribution is 6.33. The van der Waals surface area contributed by atoms with Crippen LogP contribution in [0.3, 0.4) is 0 Å². The second-order valence-corrected chi connectivity index (χ2v) is 4.55. The first-order valence-electron chi connectivity index (χ1n) is 5.69. The number of carbonyl (C=O) groups is 1. The number of para-hydroxylation sites is 1. The molecule has 0 aliphatic carbocycles. The Labute approximate surface area is 116 Å². The lowest BCUT2D eigenvalue weighted by Gasteiger charge is -2.08. The van der Waals surface area contributed by atoms with Gasteiger partial charge in [0.2, 0.25) is 0 Å². The predicted octanol–water partition coefficient (Wildman–Crippen LogP) is 2.98. The number of ether oxygens (including phenoxy) is 1. The van der Waals surface area contributed by atoms with Gasteiger partial charge in [-0.05, 0) is 30.7 Å². The highest BCUT2D eigenvalue weighted by atomic mass is 35.5. The lowest BCUT2D eigenvalue weighted by atomic mass is 10.2.